The van der Waals surface area contributed by atoms with E-state index in [9.17, 15) is 0 Å². The van der Waals surface area contributed by atoms with Crippen LogP contribution < -0.4 is 9.47 Å². The number of aromatic nitrogens is 2. The van der Waals surface area contributed by atoms with Crippen molar-refractivity contribution in [2.45, 2.75) is 6.54 Å². The average molecular weight is 355 g/mol. The van der Waals surface area contributed by atoms with Gasteiger partial charge in [0.05, 0.1) is 17.6 Å². The minimum atomic E-state index is 0.267. The Hall–Kier alpha value is -3.60. The molecular formula is C22H17N3O2. The Balaban J connectivity index is 1.53. The minimum Gasteiger partial charge on any atom is -0.454 e. The van der Waals surface area contributed by atoms with Gasteiger partial charge in [-0.1, -0.05) is 42.5 Å². The molecule has 0 unspecified atom stereocenters. The van der Waals surface area contributed by atoms with Gasteiger partial charge in [-0.15, -0.1) is 0 Å². The van der Waals surface area contributed by atoms with E-state index in [1.54, 1.807) is 0 Å². The van der Waals surface area contributed by atoms with E-state index in [-0.39, 0.29) is 6.79 Å². The summed E-state index contributed by atoms with van der Waals surface area (Å²) >= 11 is 0. The number of ether oxygens (including phenoxy) is 2. The molecule has 5 rings (SSSR count). The highest BCUT2D eigenvalue weighted by Crippen LogP contribution is 2.32. The number of para-hydroxylation sites is 2. The van der Waals surface area contributed by atoms with Gasteiger partial charge in [0.1, 0.15) is 0 Å². The van der Waals surface area contributed by atoms with E-state index in [2.05, 4.69) is 27.8 Å². The fourth-order valence-corrected chi connectivity index (χ4v) is 3.21. The van der Waals surface area contributed by atoms with Crippen molar-refractivity contribution in [2.24, 2.45) is 4.99 Å². The first-order chi connectivity index (χ1) is 13.4. The van der Waals surface area contributed by atoms with Crippen LogP contribution in [0.3, 0.4) is 0 Å². The van der Waals surface area contributed by atoms with Gasteiger partial charge in [0.15, 0.2) is 11.5 Å². The molecule has 0 atom stereocenters. The normalized spacial score (nSPS) is 12.9. The minimum absolute atomic E-state index is 0.267. The molecule has 27 heavy (non-hydrogen) atoms. The van der Waals surface area contributed by atoms with Crippen LogP contribution in [0, 0.1) is 0 Å². The van der Waals surface area contributed by atoms with Crippen LogP contribution in [0.4, 0.5) is 5.95 Å². The first-order valence-electron chi connectivity index (χ1n) is 8.80. The molecule has 2 heterocycles. The summed E-state index contributed by atoms with van der Waals surface area (Å²) in [5, 5.41) is 0. The second kappa shape index (κ2) is 6.61. The quantitative estimate of drug-likeness (QED) is 0.504. The third-order valence-electron chi connectivity index (χ3n) is 4.54. The number of benzene rings is 3. The first-order valence-corrected chi connectivity index (χ1v) is 8.80. The Morgan fingerprint density at radius 1 is 0.926 bits per heavy atom. The summed E-state index contributed by atoms with van der Waals surface area (Å²) in [6.45, 7) is 0.984. The summed E-state index contributed by atoms with van der Waals surface area (Å²) < 4.78 is 12.9. The fraction of sp³-hybridized carbons (Fsp3) is 0.0909. The average Bonchev–Trinajstić information content (AvgIpc) is 3.31. The topological polar surface area (TPSA) is 48.6 Å². The molecule has 0 bridgehead atoms. The molecule has 0 amide bonds. The van der Waals surface area contributed by atoms with Crippen LogP contribution in [0.25, 0.3) is 11.0 Å². The van der Waals surface area contributed by atoms with Gasteiger partial charge in [-0.05, 0) is 41.5 Å². The Labute approximate surface area is 156 Å². The first kappa shape index (κ1) is 15.6. The van der Waals surface area contributed by atoms with Gasteiger partial charge >= 0.3 is 0 Å². The zero-order valence-corrected chi connectivity index (χ0v) is 14.6. The highest BCUT2D eigenvalue weighted by molar-refractivity contribution is 5.84. The van der Waals surface area contributed by atoms with Crippen molar-refractivity contribution < 1.29 is 9.47 Å². The number of fused-ring (bicyclic) bond motifs is 2. The maximum absolute atomic E-state index is 5.44. The van der Waals surface area contributed by atoms with Crippen molar-refractivity contribution in [3.05, 3.63) is 83.9 Å². The summed E-state index contributed by atoms with van der Waals surface area (Å²) in [5.74, 6) is 2.19. The molecule has 0 saturated heterocycles. The van der Waals surface area contributed by atoms with E-state index in [1.165, 1.54) is 5.56 Å². The number of rotatable bonds is 4. The molecule has 0 spiro atoms. The summed E-state index contributed by atoms with van der Waals surface area (Å²) in [6.07, 6.45) is 1.81. The van der Waals surface area contributed by atoms with Gasteiger partial charge in [0.25, 0.3) is 0 Å². The molecule has 0 radical (unpaired) electrons. The van der Waals surface area contributed by atoms with Gasteiger partial charge in [-0.2, -0.15) is 0 Å². The third-order valence-corrected chi connectivity index (χ3v) is 4.54. The van der Waals surface area contributed by atoms with Crippen LogP contribution in [0.5, 0.6) is 11.5 Å². The molecule has 3 aromatic carbocycles. The van der Waals surface area contributed by atoms with Crippen LogP contribution in [0.2, 0.25) is 0 Å². The van der Waals surface area contributed by atoms with E-state index in [4.69, 9.17) is 14.5 Å². The lowest BCUT2D eigenvalue weighted by Crippen LogP contribution is -1.99. The highest BCUT2D eigenvalue weighted by Gasteiger charge is 2.13. The number of aliphatic imine (C=N–C) groups is 1. The maximum Gasteiger partial charge on any atom is 0.231 e. The second-order valence-electron chi connectivity index (χ2n) is 6.34. The van der Waals surface area contributed by atoms with Gasteiger partial charge in [0, 0.05) is 6.21 Å². The van der Waals surface area contributed by atoms with Crippen molar-refractivity contribution in [3.8, 4) is 11.5 Å². The standard InChI is InChI=1S/C22H17N3O2/c1-2-6-16(7-3-1)14-25-19-9-5-4-8-18(19)24-22(25)23-13-17-10-11-20-21(12-17)27-15-26-20/h1-13H,14-15H2/b23-13+. The second-order valence-corrected chi connectivity index (χ2v) is 6.34. The van der Waals surface area contributed by atoms with Crippen molar-refractivity contribution in [1.82, 2.24) is 9.55 Å². The Kier molecular flexibility index (Phi) is 3.83. The van der Waals surface area contributed by atoms with Crippen molar-refractivity contribution in [3.63, 3.8) is 0 Å². The van der Waals surface area contributed by atoms with Crippen LogP contribution in [0.15, 0.2) is 77.8 Å². The zero-order chi connectivity index (χ0) is 18.1. The maximum atomic E-state index is 5.44. The summed E-state index contributed by atoms with van der Waals surface area (Å²) in [6, 6.07) is 24.2. The third kappa shape index (κ3) is 3.04. The van der Waals surface area contributed by atoms with Gasteiger partial charge in [-0.25, -0.2) is 9.98 Å². The molecule has 0 N–H and O–H groups in total. The summed E-state index contributed by atoms with van der Waals surface area (Å²) in [4.78, 5) is 9.37. The summed E-state index contributed by atoms with van der Waals surface area (Å²) in [5.41, 5.74) is 4.16. The zero-order valence-electron chi connectivity index (χ0n) is 14.6. The number of nitrogens with zero attached hydrogens (tertiary/aromatic N) is 3. The van der Waals surface area contributed by atoms with Crippen molar-refractivity contribution >= 4 is 23.2 Å². The molecule has 0 fully saturated rings. The molecule has 1 aromatic heterocycles. The van der Waals surface area contributed by atoms with E-state index in [1.807, 2.05) is 60.8 Å². The lowest BCUT2D eigenvalue weighted by atomic mass is 10.2. The van der Waals surface area contributed by atoms with Crippen molar-refractivity contribution in [1.29, 1.82) is 0 Å². The number of hydrogen-bond donors (Lipinski definition) is 0. The molecular weight excluding hydrogens is 338 g/mol. The molecule has 1 aliphatic rings. The van der Waals surface area contributed by atoms with Crippen LogP contribution in [-0.2, 0) is 6.54 Å². The van der Waals surface area contributed by atoms with Crippen LogP contribution in [-0.4, -0.2) is 22.6 Å². The fourth-order valence-electron chi connectivity index (χ4n) is 3.21. The molecule has 0 saturated carbocycles. The molecule has 5 nitrogen and oxygen atoms in total. The van der Waals surface area contributed by atoms with Gasteiger partial charge in [-0.3, -0.25) is 0 Å². The Bertz CT molecular complexity index is 1130. The number of hydrogen-bond acceptors (Lipinski definition) is 4. The monoisotopic (exact) mass is 355 g/mol. The van der Waals surface area contributed by atoms with Gasteiger partial charge < -0.3 is 14.0 Å². The molecule has 1 aliphatic heterocycles. The molecule has 5 heteroatoms. The predicted octanol–water partition coefficient (Wildman–Crippen LogP) is 4.56. The lowest BCUT2D eigenvalue weighted by molar-refractivity contribution is 0.174. The largest absolute Gasteiger partial charge is 0.454 e. The van der Waals surface area contributed by atoms with E-state index in [0.29, 0.717) is 5.95 Å². The highest BCUT2D eigenvalue weighted by atomic mass is 16.7. The lowest BCUT2D eigenvalue weighted by Gasteiger charge is -2.06. The van der Waals surface area contributed by atoms with Crippen LogP contribution >= 0.6 is 0 Å². The van der Waals surface area contributed by atoms with Crippen molar-refractivity contribution in [2.75, 3.05) is 6.79 Å². The predicted molar refractivity (Wildman–Crippen MR) is 105 cm³/mol. The number of imidazole rings is 1. The molecule has 4 aromatic rings. The molecule has 132 valence electrons. The SMILES string of the molecule is C(=N\c1nc2ccccc2n1Cc1ccccc1)/c1ccc2c(c1)OCO2. The van der Waals surface area contributed by atoms with E-state index < -0.39 is 0 Å². The smallest absolute Gasteiger partial charge is 0.231 e. The molecule has 0 aliphatic carbocycles. The Morgan fingerprint density at radius 2 is 1.74 bits per heavy atom. The van der Waals surface area contributed by atoms with E-state index >= 15 is 0 Å². The van der Waals surface area contributed by atoms with Crippen LogP contribution in [0.1, 0.15) is 11.1 Å². The van der Waals surface area contributed by atoms with Gasteiger partial charge in [0.2, 0.25) is 12.7 Å². The van der Waals surface area contributed by atoms with E-state index in [0.717, 1.165) is 34.6 Å². The Morgan fingerprint density at radius 3 is 2.67 bits per heavy atom. The summed E-state index contributed by atoms with van der Waals surface area (Å²) in [7, 11) is 0.